The summed E-state index contributed by atoms with van der Waals surface area (Å²) in [5.74, 6) is 0.293. The highest BCUT2D eigenvalue weighted by Crippen LogP contribution is 2.53. The van der Waals surface area contributed by atoms with Crippen LogP contribution in [0.3, 0.4) is 0 Å². The highest BCUT2D eigenvalue weighted by molar-refractivity contribution is 5.79. The van der Waals surface area contributed by atoms with Gasteiger partial charge in [-0.1, -0.05) is 6.42 Å². The average molecular weight is 197 g/mol. The Hall–Kier alpha value is -0.410. The van der Waals surface area contributed by atoms with Gasteiger partial charge in [0.25, 0.3) is 0 Å². The lowest BCUT2D eigenvalue weighted by atomic mass is 9.55. The largest absolute Gasteiger partial charge is 0.389 e. The Balaban J connectivity index is 2.11. The van der Waals surface area contributed by atoms with Gasteiger partial charge >= 0.3 is 0 Å². The average Bonchev–Trinajstić information content (AvgIpc) is 2.10. The molecule has 0 spiro atoms. The Bertz CT molecular complexity index is 230. The second-order valence-electron chi connectivity index (χ2n) is 4.91. The van der Waals surface area contributed by atoms with Gasteiger partial charge in [-0.2, -0.15) is 0 Å². The van der Waals surface area contributed by atoms with Gasteiger partial charge < -0.3 is 10.8 Å². The molecule has 0 heterocycles. The van der Waals surface area contributed by atoms with E-state index >= 15 is 0 Å². The van der Waals surface area contributed by atoms with Crippen molar-refractivity contribution in [3.05, 3.63) is 0 Å². The molecule has 0 radical (unpaired) electrons. The van der Waals surface area contributed by atoms with E-state index in [0.717, 1.165) is 12.8 Å². The van der Waals surface area contributed by atoms with Crippen LogP contribution in [0, 0.1) is 5.41 Å². The predicted octanol–water partition coefficient (Wildman–Crippen LogP) is 0.990. The molecule has 0 atom stereocenters. The summed E-state index contributed by atoms with van der Waals surface area (Å²) in [5.41, 5.74) is 5.07. The second-order valence-corrected chi connectivity index (χ2v) is 4.91. The molecule has 0 aliphatic heterocycles. The van der Waals surface area contributed by atoms with Crippen LogP contribution in [0.1, 0.15) is 44.9 Å². The van der Waals surface area contributed by atoms with Crippen molar-refractivity contribution in [2.24, 2.45) is 11.1 Å². The van der Waals surface area contributed by atoms with Gasteiger partial charge in [0, 0.05) is 24.8 Å². The van der Waals surface area contributed by atoms with Gasteiger partial charge in [0.15, 0.2) is 0 Å². The standard InChI is InChI=1S/C11H19NO2/c12-8-10(4-1-5-10)11(14)6-2-9(13)3-7-11/h14H,1-8,12H2. The van der Waals surface area contributed by atoms with Crippen molar-refractivity contribution in [3.8, 4) is 0 Å². The minimum atomic E-state index is -0.645. The second kappa shape index (κ2) is 3.31. The maximum Gasteiger partial charge on any atom is 0.133 e. The minimum Gasteiger partial charge on any atom is -0.389 e. The van der Waals surface area contributed by atoms with E-state index < -0.39 is 5.60 Å². The number of hydrogen-bond acceptors (Lipinski definition) is 3. The molecule has 3 nitrogen and oxygen atoms in total. The van der Waals surface area contributed by atoms with Gasteiger partial charge in [0.05, 0.1) is 5.60 Å². The molecule has 0 aromatic carbocycles. The maximum atomic E-state index is 11.1. The number of hydrogen-bond donors (Lipinski definition) is 2. The van der Waals surface area contributed by atoms with Crippen LogP contribution in [-0.4, -0.2) is 23.0 Å². The molecule has 0 aromatic rings. The first kappa shape index (κ1) is 10.1. The number of rotatable bonds is 2. The van der Waals surface area contributed by atoms with Gasteiger partial charge in [-0.3, -0.25) is 4.79 Å². The monoisotopic (exact) mass is 197 g/mol. The summed E-state index contributed by atoms with van der Waals surface area (Å²) in [5, 5.41) is 10.5. The zero-order chi connectivity index (χ0) is 10.2. The summed E-state index contributed by atoms with van der Waals surface area (Å²) in [6.07, 6.45) is 5.58. The third-order valence-corrected chi connectivity index (χ3v) is 4.32. The van der Waals surface area contributed by atoms with E-state index in [2.05, 4.69) is 0 Å². The normalized spacial score (nSPS) is 29.7. The Morgan fingerprint density at radius 1 is 1.21 bits per heavy atom. The van der Waals surface area contributed by atoms with Gasteiger partial charge in [-0.15, -0.1) is 0 Å². The Kier molecular flexibility index (Phi) is 2.40. The van der Waals surface area contributed by atoms with Crippen molar-refractivity contribution in [1.29, 1.82) is 0 Å². The molecule has 0 aromatic heterocycles. The molecule has 0 amide bonds. The topological polar surface area (TPSA) is 63.3 Å². The fourth-order valence-corrected chi connectivity index (χ4v) is 2.94. The van der Waals surface area contributed by atoms with E-state index in [0.29, 0.717) is 38.0 Å². The van der Waals surface area contributed by atoms with Gasteiger partial charge in [0.2, 0.25) is 0 Å². The third-order valence-electron chi connectivity index (χ3n) is 4.32. The Labute approximate surface area is 84.7 Å². The Morgan fingerprint density at radius 2 is 1.79 bits per heavy atom. The zero-order valence-electron chi connectivity index (χ0n) is 8.59. The van der Waals surface area contributed by atoms with Crippen LogP contribution in [0.15, 0.2) is 0 Å². The first-order valence-corrected chi connectivity index (χ1v) is 5.56. The molecule has 2 aliphatic rings. The van der Waals surface area contributed by atoms with E-state index in [9.17, 15) is 9.90 Å². The first-order valence-electron chi connectivity index (χ1n) is 5.56. The van der Waals surface area contributed by atoms with Gasteiger partial charge in [-0.05, 0) is 25.7 Å². The third kappa shape index (κ3) is 1.30. The molecule has 80 valence electrons. The van der Waals surface area contributed by atoms with E-state index in [1.165, 1.54) is 6.42 Å². The summed E-state index contributed by atoms with van der Waals surface area (Å²) in [4.78, 5) is 11.1. The molecular formula is C11H19NO2. The van der Waals surface area contributed by atoms with Crippen LogP contribution in [0.2, 0.25) is 0 Å². The molecule has 14 heavy (non-hydrogen) atoms. The van der Waals surface area contributed by atoms with Crippen molar-refractivity contribution in [2.45, 2.75) is 50.5 Å². The summed E-state index contributed by atoms with van der Waals surface area (Å²) >= 11 is 0. The number of Topliss-reactive ketones (excluding diaryl/α,β-unsaturated/α-hetero) is 1. The van der Waals surface area contributed by atoms with Gasteiger partial charge in [0.1, 0.15) is 5.78 Å². The number of aliphatic hydroxyl groups is 1. The molecule has 0 saturated heterocycles. The molecule has 2 rings (SSSR count). The smallest absolute Gasteiger partial charge is 0.133 e. The number of ketones is 1. The highest BCUT2D eigenvalue weighted by atomic mass is 16.3. The fraction of sp³-hybridized carbons (Fsp3) is 0.909. The lowest BCUT2D eigenvalue weighted by molar-refractivity contribution is -0.153. The Morgan fingerprint density at radius 3 is 2.14 bits per heavy atom. The summed E-state index contributed by atoms with van der Waals surface area (Å²) in [6, 6.07) is 0. The van der Waals surface area contributed by atoms with Crippen molar-refractivity contribution in [1.82, 2.24) is 0 Å². The highest BCUT2D eigenvalue weighted by Gasteiger charge is 2.53. The SMILES string of the molecule is NCC1(C2(O)CCC(=O)CC2)CCC1. The molecular weight excluding hydrogens is 178 g/mol. The minimum absolute atomic E-state index is 0.0618. The molecule has 2 fully saturated rings. The van der Waals surface area contributed by atoms with E-state index in [1.807, 2.05) is 0 Å². The number of nitrogens with two attached hydrogens (primary N) is 1. The number of carbonyl (C=O) groups excluding carboxylic acids is 1. The van der Waals surface area contributed by atoms with Crippen LogP contribution in [0.5, 0.6) is 0 Å². The van der Waals surface area contributed by atoms with Gasteiger partial charge in [-0.25, -0.2) is 0 Å². The first-order chi connectivity index (χ1) is 6.62. The molecule has 2 aliphatic carbocycles. The van der Waals surface area contributed by atoms with Crippen LogP contribution in [-0.2, 0) is 4.79 Å². The lowest BCUT2D eigenvalue weighted by Crippen LogP contribution is -2.58. The van der Waals surface area contributed by atoms with Crippen molar-refractivity contribution >= 4 is 5.78 Å². The van der Waals surface area contributed by atoms with Crippen LogP contribution in [0.25, 0.3) is 0 Å². The van der Waals surface area contributed by atoms with E-state index in [4.69, 9.17) is 5.73 Å². The van der Waals surface area contributed by atoms with Crippen LogP contribution >= 0.6 is 0 Å². The van der Waals surface area contributed by atoms with Crippen molar-refractivity contribution in [3.63, 3.8) is 0 Å². The summed E-state index contributed by atoms with van der Waals surface area (Å²) in [6.45, 7) is 0.567. The summed E-state index contributed by atoms with van der Waals surface area (Å²) in [7, 11) is 0. The molecule has 0 bridgehead atoms. The van der Waals surface area contributed by atoms with E-state index in [-0.39, 0.29) is 5.41 Å². The van der Waals surface area contributed by atoms with Crippen LogP contribution < -0.4 is 5.73 Å². The lowest BCUT2D eigenvalue weighted by Gasteiger charge is -2.54. The molecule has 3 N–H and O–H groups in total. The quantitative estimate of drug-likeness (QED) is 0.694. The predicted molar refractivity (Wildman–Crippen MR) is 53.8 cm³/mol. The molecule has 0 unspecified atom stereocenters. The number of carbonyl (C=O) groups is 1. The molecule has 3 heteroatoms. The van der Waals surface area contributed by atoms with Crippen molar-refractivity contribution in [2.75, 3.05) is 6.54 Å². The van der Waals surface area contributed by atoms with Crippen LogP contribution in [0.4, 0.5) is 0 Å². The fourth-order valence-electron chi connectivity index (χ4n) is 2.94. The zero-order valence-corrected chi connectivity index (χ0v) is 8.59. The molecule has 2 saturated carbocycles. The van der Waals surface area contributed by atoms with E-state index in [1.54, 1.807) is 0 Å². The maximum absolute atomic E-state index is 11.1. The van der Waals surface area contributed by atoms with Crippen molar-refractivity contribution < 1.29 is 9.90 Å². The summed E-state index contributed by atoms with van der Waals surface area (Å²) < 4.78 is 0.